The fourth-order valence-electron chi connectivity index (χ4n) is 3.69. The van der Waals surface area contributed by atoms with E-state index in [1.807, 2.05) is 0 Å². The Morgan fingerprint density at radius 2 is 1.84 bits per heavy atom. The lowest BCUT2D eigenvalue weighted by molar-refractivity contribution is -0.137. The normalized spacial score (nSPS) is 17.9. The van der Waals surface area contributed by atoms with Gasteiger partial charge in [-0.2, -0.15) is 17.5 Å². The van der Waals surface area contributed by atoms with E-state index in [2.05, 4.69) is 0 Å². The average molecular weight is 475 g/mol. The summed E-state index contributed by atoms with van der Waals surface area (Å²) >= 11 is 0. The van der Waals surface area contributed by atoms with Crippen molar-refractivity contribution in [3.8, 4) is 5.75 Å². The number of hydrogen-bond acceptors (Lipinski definition) is 5. The van der Waals surface area contributed by atoms with Gasteiger partial charge in [-0.3, -0.25) is 4.79 Å². The molecule has 1 heterocycles. The molecular formula is C20H21F4N3O4S. The number of rotatable bonds is 5. The molecule has 1 aliphatic rings. The van der Waals surface area contributed by atoms with Gasteiger partial charge in [-0.25, -0.2) is 12.8 Å². The Kier molecular flexibility index (Phi) is 6.38. The van der Waals surface area contributed by atoms with E-state index in [0.29, 0.717) is 6.07 Å². The van der Waals surface area contributed by atoms with Crippen molar-refractivity contribution in [3.05, 3.63) is 53.3 Å². The predicted octanol–water partition coefficient (Wildman–Crippen LogP) is 2.85. The minimum Gasteiger partial charge on any atom is -0.495 e. The third kappa shape index (κ3) is 4.51. The van der Waals surface area contributed by atoms with Crippen LogP contribution >= 0.6 is 0 Å². The molecule has 0 saturated carbocycles. The molecule has 174 valence electrons. The summed E-state index contributed by atoms with van der Waals surface area (Å²) in [4.78, 5) is 12.6. The molecule has 1 saturated heterocycles. The van der Waals surface area contributed by atoms with Crippen LogP contribution in [0.4, 0.5) is 23.2 Å². The Labute approximate surface area is 182 Å². The standard InChI is InChI=1S/C20H21F4N3O4S/c1-12-11-26(16-5-4-14(21)10-15(16)20(22,23)24)7-8-27(12)32(29,30)18-9-13(19(25)28)3-6-17(18)31-2/h3-6,9-10,12H,7-8,11H2,1-2H3,(H2,25,28)/t12-/m1/s1. The average Bonchev–Trinajstić information content (AvgIpc) is 2.72. The van der Waals surface area contributed by atoms with Gasteiger partial charge in [-0.1, -0.05) is 0 Å². The molecule has 2 N–H and O–H groups in total. The van der Waals surface area contributed by atoms with E-state index in [1.165, 1.54) is 24.1 Å². The number of anilines is 1. The number of primary amides is 1. The van der Waals surface area contributed by atoms with E-state index in [9.17, 15) is 30.8 Å². The van der Waals surface area contributed by atoms with Crippen molar-refractivity contribution in [1.29, 1.82) is 0 Å². The number of piperazine rings is 1. The third-order valence-corrected chi connectivity index (χ3v) is 7.24. The fourth-order valence-corrected chi connectivity index (χ4v) is 5.48. The molecule has 7 nitrogen and oxygen atoms in total. The predicted molar refractivity (Wildman–Crippen MR) is 108 cm³/mol. The Balaban J connectivity index is 1.93. The lowest BCUT2D eigenvalue weighted by atomic mass is 10.1. The minimum atomic E-state index is -4.77. The fraction of sp³-hybridized carbons (Fsp3) is 0.350. The van der Waals surface area contributed by atoms with Gasteiger partial charge < -0.3 is 15.4 Å². The number of amides is 1. The van der Waals surface area contributed by atoms with Crippen molar-refractivity contribution in [2.45, 2.75) is 24.0 Å². The zero-order valence-corrected chi connectivity index (χ0v) is 18.0. The first-order chi connectivity index (χ1) is 14.9. The summed E-state index contributed by atoms with van der Waals surface area (Å²) < 4.78 is 86.5. The molecule has 1 fully saturated rings. The molecule has 0 aliphatic carbocycles. The molecule has 0 aromatic heterocycles. The van der Waals surface area contributed by atoms with Crippen LogP contribution in [0.1, 0.15) is 22.8 Å². The molecular weight excluding hydrogens is 454 g/mol. The van der Waals surface area contributed by atoms with Crippen LogP contribution in [0.15, 0.2) is 41.3 Å². The van der Waals surface area contributed by atoms with E-state index in [0.717, 1.165) is 22.5 Å². The molecule has 0 radical (unpaired) electrons. The molecule has 0 spiro atoms. The number of hydrogen-bond donors (Lipinski definition) is 1. The number of benzene rings is 2. The van der Waals surface area contributed by atoms with Crippen LogP contribution in [0.5, 0.6) is 5.75 Å². The van der Waals surface area contributed by atoms with Crippen LogP contribution < -0.4 is 15.4 Å². The first-order valence-electron chi connectivity index (χ1n) is 9.47. The third-order valence-electron chi connectivity index (χ3n) is 5.21. The van der Waals surface area contributed by atoms with E-state index < -0.39 is 39.5 Å². The van der Waals surface area contributed by atoms with E-state index in [4.69, 9.17) is 10.5 Å². The quantitative estimate of drug-likeness (QED) is 0.672. The Hall–Kier alpha value is -2.86. The van der Waals surface area contributed by atoms with Gasteiger partial charge in [-0.05, 0) is 43.3 Å². The van der Waals surface area contributed by atoms with Gasteiger partial charge in [0.25, 0.3) is 0 Å². The molecule has 32 heavy (non-hydrogen) atoms. The van der Waals surface area contributed by atoms with Crippen LogP contribution in [0.25, 0.3) is 0 Å². The molecule has 1 atom stereocenters. The van der Waals surface area contributed by atoms with Crippen molar-refractivity contribution in [2.24, 2.45) is 5.73 Å². The highest BCUT2D eigenvalue weighted by Gasteiger charge is 2.39. The van der Waals surface area contributed by atoms with Crippen molar-refractivity contribution in [2.75, 3.05) is 31.6 Å². The summed E-state index contributed by atoms with van der Waals surface area (Å²) in [5, 5.41) is 0. The van der Waals surface area contributed by atoms with Crippen LogP contribution in [0.2, 0.25) is 0 Å². The number of carbonyl (C=O) groups is 1. The van der Waals surface area contributed by atoms with Crippen molar-refractivity contribution in [1.82, 2.24) is 4.31 Å². The van der Waals surface area contributed by atoms with Crippen molar-refractivity contribution < 1.29 is 35.5 Å². The molecule has 3 rings (SSSR count). The monoisotopic (exact) mass is 475 g/mol. The second-order valence-electron chi connectivity index (χ2n) is 7.30. The summed E-state index contributed by atoms with van der Waals surface area (Å²) in [6, 6.07) is 5.39. The van der Waals surface area contributed by atoms with Crippen LogP contribution in [-0.4, -0.2) is 51.4 Å². The lowest BCUT2D eigenvalue weighted by Crippen LogP contribution is -2.54. The summed E-state index contributed by atoms with van der Waals surface area (Å²) in [5.74, 6) is -1.84. The summed E-state index contributed by atoms with van der Waals surface area (Å²) in [7, 11) is -2.90. The number of ether oxygens (including phenoxy) is 1. The second kappa shape index (κ2) is 8.58. The number of nitrogens with two attached hydrogens (primary N) is 1. The van der Waals surface area contributed by atoms with Gasteiger partial charge in [0.1, 0.15) is 16.5 Å². The smallest absolute Gasteiger partial charge is 0.418 e. The maximum atomic E-state index is 13.4. The van der Waals surface area contributed by atoms with E-state index in [1.54, 1.807) is 6.92 Å². The summed E-state index contributed by atoms with van der Waals surface area (Å²) in [6.07, 6.45) is -4.77. The summed E-state index contributed by atoms with van der Waals surface area (Å²) in [6.45, 7) is 1.29. The van der Waals surface area contributed by atoms with Gasteiger partial charge in [-0.15, -0.1) is 0 Å². The molecule has 12 heteroatoms. The highest BCUT2D eigenvalue weighted by Crippen LogP contribution is 2.38. The Morgan fingerprint density at radius 1 is 1.16 bits per heavy atom. The zero-order chi connectivity index (χ0) is 23.8. The number of nitrogens with zero attached hydrogens (tertiary/aromatic N) is 2. The Morgan fingerprint density at radius 3 is 2.41 bits per heavy atom. The molecule has 2 aromatic rings. The molecule has 1 aliphatic heterocycles. The maximum absolute atomic E-state index is 13.4. The number of sulfonamides is 1. The second-order valence-corrected chi connectivity index (χ2v) is 9.16. The lowest BCUT2D eigenvalue weighted by Gasteiger charge is -2.41. The first kappa shape index (κ1) is 23.8. The topological polar surface area (TPSA) is 92.9 Å². The zero-order valence-electron chi connectivity index (χ0n) is 17.2. The molecule has 2 aromatic carbocycles. The van der Waals surface area contributed by atoms with Gasteiger partial charge in [0.2, 0.25) is 15.9 Å². The largest absolute Gasteiger partial charge is 0.495 e. The van der Waals surface area contributed by atoms with Gasteiger partial charge in [0.05, 0.1) is 12.7 Å². The van der Waals surface area contributed by atoms with Gasteiger partial charge in [0.15, 0.2) is 0 Å². The summed E-state index contributed by atoms with van der Waals surface area (Å²) in [5.41, 5.74) is 3.87. The van der Waals surface area contributed by atoms with Crippen LogP contribution in [-0.2, 0) is 16.2 Å². The number of methoxy groups -OCH3 is 1. The van der Waals surface area contributed by atoms with Gasteiger partial charge >= 0.3 is 6.18 Å². The highest BCUT2D eigenvalue weighted by atomic mass is 32.2. The molecule has 1 amide bonds. The minimum absolute atomic E-state index is 0.00234. The molecule has 0 bridgehead atoms. The van der Waals surface area contributed by atoms with Gasteiger partial charge in [0, 0.05) is 36.9 Å². The van der Waals surface area contributed by atoms with E-state index in [-0.39, 0.29) is 41.5 Å². The number of carbonyl (C=O) groups excluding carboxylic acids is 1. The van der Waals surface area contributed by atoms with Crippen molar-refractivity contribution >= 4 is 21.6 Å². The van der Waals surface area contributed by atoms with E-state index >= 15 is 0 Å². The van der Waals surface area contributed by atoms with Crippen LogP contribution in [0, 0.1) is 5.82 Å². The Bertz CT molecular complexity index is 1140. The highest BCUT2D eigenvalue weighted by molar-refractivity contribution is 7.89. The number of alkyl halides is 3. The molecule has 0 unspecified atom stereocenters. The van der Waals surface area contributed by atoms with Crippen LogP contribution in [0.3, 0.4) is 0 Å². The maximum Gasteiger partial charge on any atom is 0.418 e. The SMILES string of the molecule is COc1ccc(C(N)=O)cc1S(=O)(=O)N1CCN(c2ccc(F)cc2C(F)(F)F)C[C@H]1C. The number of halogens is 4. The van der Waals surface area contributed by atoms with Crippen molar-refractivity contribution in [3.63, 3.8) is 0 Å². The first-order valence-corrected chi connectivity index (χ1v) is 10.9.